The summed E-state index contributed by atoms with van der Waals surface area (Å²) in [6.45, 7) is 3.32. The van der Waals surface area contributed by atoms with Crippen molar-refractivity contribution in [1.82, 2.24) is 24.3 Å². The van der Waals surface area contributed by atoms with Crippen LogP contribution in [-0.2, 0) is 13.0 Å². The maximum absolute atomic E-state index is 13.7. The number of aryl methyl sites for hydroxylation is 2. The number of hydrogen-bond donors (Lipinski definition) is 0. The summed E-state index contributed by atoms with van der Waals surface area (Å²) in [5.41, 5.74) is 3.39. The van der Waals surface area contributed by atoms with Crippen molar-refractivity contribution in [2.24, 2.45) is 0 Å². The number of rotatable bonds is 4. The van der Waals surface area contributed by atoms with Crippen molar-refractivity contribution in [2.45, 2.75) is 26.3 Å². The molecule has 0 bridgehead atoms. The summed E-state index contributed by atoms with van der Waals surface area (Å²) in [6, 6.07) is 9.73. The first-order valence-corrected chi connectivity index (χ1v) is 9.93. The van der Waals surface area contributed by atoms with Gasteiger partial charge in [-0.1, -0.05) is 12.1 Å². The highest BCUT2D eigenvalue weighted by atomic mass is 19.2. The third-order valence-corrected chi connectivity index (χ3v) is 5.36. The topological polar surface area (TPSA) is 51.8 Å². The molecule has 3 heterocycles. The summed E-state index contributed by atoms with van der Waals surface area (Å²) >= 11 is 0. The van der Waals surface area contributed by atoms with Gasteiger partial charge in [-0.15, -0.1) is 0 Å². The van der Waals surface area contributed by atoms with E-state index in [1.54, 1.807) is 15.3 Å². The fourth-order valence-electron chi connectivity index (χ4n) is 3.91. The molecule has 0 saturated heterocycles. The summed E-state index contributed by atoms with van der Waals surface area (Å²) in [5.74, 6) is -1.02. The smallest absolute Gasteiger partial charge is 0.231 e. The van der Waals surface area contributed by atoms with Crippen LogP contribution in [0, 0.1) is 24.5 Å². The second-order valence-electron chi connectivity index (χ2n) is 7.56. The molecule has 1 aliphatic rings. The van der Waals surface area contributed by atoms with Crippen LogP contribution in [0.15, 0.2) is 48.9 Å². The molecule has 0 saturated carbocycles. The molecule has 1 aliphatic heterocycles. The highest BCUT2D eigenvalue weighted by molar-refractivity contribution is 5.58. The van der Waals surface area contributed by atoms with Crippen molar-refractivity contribution < 1.29 is 13.2 Å². The van der Waals surface area contributed by atoms with Gasteiger partial charge in [-0.25, -0.2) is 18.4 Å². The van der Waals surface area contributed by atoms with Crippen LogP contribution in [0.2, 0.25) is 0 Å². The van der Waals surface area contributed by atoms with E-state index in [2.05, 4.69) is 15.1 Å². The minimum absolute atomic E-state index is 0.519. The average molecular weight is 424 g/mol. The van der Waals surface area contributed by atoms with Crippen LogP contribution < -0.4 is 4.90 Å². The van der Waals surface area contributed by atoms with Gasteiger partial charge in [0, 0.05) is 37.0 Å². The van der Waals surface area contributed by atoms with Crippen molar-refractivity contribution in [2.75, 3.05) is 11.4 Å². The summed E-state index contributed by atoms with van der Waals surface area (Å²) in [7, 11) is 0. The molecule has 4 aromatic rings. The zero-order chi connectivity index (χ0) is 21.5. The first-order chi connectivity index (χ1) is 15.0. The number of nitrogens with zero attached hydrogens (tertiary/aromatic N) is 6. The van der Waals surface area contributed by atoms with Crippen molar-refractivity contribution in [3.8, 4) is 5.69 Å². The van der Waals surface area contributed by atoms with Gasteiger partial charge in [0.2, 0.25) is 11.9 Å². The molecular weight excluding hydrogens is 405 g/mol. The number of benzene rings is 2. The Balaban J connectivity index is 1.41. The van der Waals surface area contributed by atoms with E-state index in [1.165, 1.54) is 18.6 Å². The van der Waals surface area contributed by atoms with E-state index in [0.717, 1.165) is 29.3 Å². The number of fused-ring (bicyclic) bond motifs is 1. The van der Waals surface area contributed by atoms with Gasteiger partial charge >= 0.3 is 0 Å². The lowest BCUT2D eigenvalue weighted by atomic mass is 10.1. The third kappa shape index (κ3) is 3.67. The lowest BCUT2D eigenvalue weighted by Gasteiger charge is -2.27. The molecule has 0 aliphatic carbocycles. The second-order valence-corrected chi connectivity index (χ2v) is 7.56. The number of anilines is 2. The molecule has 0 amide bonds. The van der Waals surface area contributed by atoms with Crippen molar-refractivity contribution in [3.05, 3.63) is 83.5 Å². The minimum atomic E-state index is -0.886. The fraction of sp³-hybridized carbons (Fsp3) is 0.227. The van der Waals surface area contributed by atoms with Gasteiger partial charge in [-0.2, -0.15) is 14.5 Å². The maximum atomic E-state index is 13.7. The Morgan fingerprint density at radius 1 is 1.00 bits per heavy atom. The first kappa shape index (κ1) is 19.3. The van der Waals surface area contributed by atoms with E-state index >= 15 is 0 Å². The Morgan fingerprint density at radius 3 is 2.61 bits per heavy atom. The van der Waals surface area contributed by atoms with Crippen LogP contribution in [0.4, 0.5) is 24.8 Å². The second kappa shape index (κ2) is 7.57. The molecular formula is C22H19F3N6. The summed E-state index contributed by atoms with van der Waals surface area (Å²) < 4.78 is 43.7. The van der Waals surface area contributed by atoms with E-state index in [0.29, 0.717) is 37.0 Å². The standard InChI is InChI=1S/C22H19F3N6/c1-14-9-15(3-6-19(14)29-12-20(25)26-13-29)10-21-27-22-30(7-2-8-31(22)28-21)16-4-5-17(23)18(24)11-16/h3-6,9,11-13H,2,7-8,10H2,1H3. The third-order valence-electron chi connectivity index (χ3n) is 5.36. The zero-order valence-corrected chi connectivity index (χ0v) is 16.8. The van der Waals surface area contributed by atoms with Gasteiger partial charge in [-0.05, 0) is 42.7 Å². The van der Waals surface area contributed by atoms with Crippen LogP contribution in [0.25, 0.3) is 5.69 Å². The monoisotopic (exact) mass is 424 g/mol. The molecule has 0 spiro atoms. The molecule has 2 aromatic carbocycles. The largest absolute Gasteiger partial charge is 0.311 e. The van der Waals surface area contributed by atoms with Gasteiger partial charge in [0.15, 0.2) is 17.5 Å². The zero-order valence-electron chi connectivity index (χ0n) is 16.8. The number of imidazole rings is 1. The molecule has 158 valence electrons. The SMILES string of the molecule is Cc1cc(Cc2nc3n(n2)CCCN3c2ccc(F)c(F)c2)ccc1-n1cnc(F)c1. The Kier molecular flexibility index (Phi) is 4.72. The summed E-state index contributed by atoms with van der Waals surface area (Å²) in [4.78, 5) is 10.1. The predicted octanol–water partition coefficient (Wildman–Crippen LogP) is 4.32. The van der Waals surface area contributed by atoms with Gasteiger partial charge in [-0.3, -0.25) is 0 Å². The lowest BCUT2D eigenvalue weighted by molar-refractivity contribution is 0.506. The van der Waals surface area contributed by atoms with Gasteiger partial charge in [0.25, 0.3) is 0 Å². The predicted molar refractivity (Wildman–Crippen MR) is 109 cm³/mol. The highest BCUT2D eigenvalue weighted by Crippen LogP contribution is 2.29. The minimum Gasteiger partial charge on any atom is -0.311 e. The normalized spacial score (nSPS) is 13.5. The quantitative estimate of drug-likeness (QED) is 0.490. The maximum Gasteiger partial charge on any atom is 0.231 e. The van der Waals surface area contributed by atoms with Crippen molar-refractivity contribution in [3.63, 3.8) is 0 Å². The molecule has 0 unspecified atom stereocenters. The Labute approximate surface area is 176 Å². The van der Waals surface area contributed by atoms with Gasteiger partial charge in [0.05, 0.1) is 6.20 Å². The molecule has 0 radical (unpaired) electrons. The fourth-order valence-corrected chi connectivity index (χ4v) is 3.91. The lowest BCUT2D eigenvalue weighted by Crippen LogP contribution is -2.28. The number of halogens is 3. The van der Waals surface area contributed by atoms with E-state index < -0.39 is 17.6 Å². The number of aromatic nitrogens is 5. The van der Waals surface area contributed by atoms with Gasteiger partial charge < -0.3 is 9.47 Å². The molecule has 31 heavy (non-hydrogen) atoms. The Bertz CT molecular complexity index is 1260. The summed E-state index contributed by atoms with van der Waals surface area (Å²) in [5, 5.41) is 4.61. The average Bonchev–Trinajstić information content (AvgIpc) is 3.35. The van der Waals surface area contributed by atoms with E-state index in [4.69, 9.17) is 0 Å². The molecule has 0 N–H and O–H groups in total. The van der Waals surface area contributed by atoms with Crippen LogP contribution >= 0.6 is 0 Å². The van der Waals surface area contributed by atoms with Crippen LogP contribution in [0.5, 0.6) is 0 Å². The van der Waals surface area contributed by atoms with Gasteiger partial charge in [0.1, 0.15) is 6.33 Å². The van der Waals surface area contributed by atoms with E-state index in [1.807, 2.05) is 30.0 Å². The summed E-state index contributed by atoms with van der Waals surface area (Å²) in [6.07, 6.45) is 4.12. The first-order valence-electron chi connectivity index (χ1n) is 9.93. The van der Waals surface area contributed by atoms with Crippen LogP contribution in [-0.4, -0.2) is 30.9 Å². The highest BCUT2D eigenvalue weighted by Gasteiger charge is 2.23. The van der Waals surface area contributed by atoms with Crippen molar-refractivity contribution >= 4 is 11.6 Å². The van der Waals surface area contributed by atoms with Crippen LogP contribution in [0.1, 0.15) is 23.4 Å². The van der Waals surface area contributed by atoms with Crippen molar-refractivity contribution in [1.29, 1.82) is 0 Å². The Hall–Kier alpha value is -3.62. The molecule has 5 rings (SSSR count). The molecule has 0 fully saturated rings. The Morgan fingerprint density at radius 2 is 1.87 bits per heavy atom. The van der Waals surface area contributed by atoms with E-state index in [-0.39, 0.29) is 0 Å². The van der Waals surface area contributed by atoms with E-state index in [9.17, 15) is 13.2 Å². The number of hydrogen-bond acceptors (Lipinski definition) is 4. The molecule has 6 nitrogen and oxygen atoms in total. The molecule has 9 heteroatoms. The van der Waals surface area contributed by atoms with Crippen LogP contribution in [0.3, 0.4) is 0 Å². The molecule has 2 aromatic heterocycles. The molecule has 0 atom stereocenters.